The van der Waals surface area contributed by atoms with Crippen LogP contribution in [0.3, 0.4) is 0 Å². The standard InChI is InChI=1S/C16H24O4/c1-9-5-6-12(17)16(3)8-7-11(14(18)13(9)16)10(2)15(19)20-4/h5,11-14,17-18H,2,6-8H2,1,3-4H3/t11-,12-,13+,14-,16-/m0/s1. The van der Waals surface area contributed by atoms with Crippen molar-refractivity contribution in [1.82, 2.24) is 0 Å². The first kappa shape index (κ1) is 15.3. The van der Waals surface area contributed by atoms with Crippen LogP contribution in [0.25, 0.3) is 0 Å². The third-order valence-corrected chi connectivity index (χ3v) is 5.27. The predicted octanol–water partition coefficient (Wildman–Crippen LogP) is 1.82. The van der Waals surface area contributed by atoms with Crippen LogP contribution < -0.4 is 0 Å². The molecule has 2 aliphatic rings. The number of aliphatic hydroxyl groups excluding tert-OH is 2. The van der Waals surface area contributed by atoms with Crippen molar-refractivity contribution in [1.29, 1.82) is 0 Å². The smallest absolute Gasteiger partial charge is 0.333 e. The molecule has 0 aromatic carbocycles. The van der Waals surface area contributed by atoms with Crippen molar-refractivity contribution in [2.45, 2.75) is 45.3 Å². The fourth-order valence-corrected chi connectivity index (χ4v) is 3.94. The van der Waals surface area contributed by atoms with E-state index in [9.17, 15) is 15.0 Å². The molecule has 0 saturated heterocycles. The predicted molar refractivity (Wildman–Crippen MR) is 75.9 cm³/mol. The van der Waals surface area contributed by atoms with Crippen LogP contribution in [-0.4, -0.2) is 35.5 Å². The molecular weight excluding hydrogens is 256 g/mol. The maximum atomic E-state index is 11.6. The summed E-state index contributed by atoms with van der Waals surface area (Å²) >= 11 is 0. The van der Waals surface area contributed by atoms with Crippen molar-refractivity contribution in [2.75, 3.05) is 7.11 Å². The molecule has 2 aliphatic carbocycles. The average molecular weight is 280 g/mol. The zero-order chi connectivity index (χ0) is 15.1. The van der Waals surface area contributed by atoms with E-state index in [1.54, 1.807) is 0 Å². The SMILES string of the molecule is C=C(C(=O)OC)[C@@H]1CC[C@]2(C)[C@H](C(C)=CC[C@@H]2O)[C@H]1O. The molecule has 0 aromatic rings. The summed E-state index contributed by atoms with van der Waals surface area (Å²) in [4.78, 5) is 11.6. The summed E-state index contributed by atoms with van der Waals surface area (Å²) in [5.74, 6) is -0.892. The molecule has 0 radical (unpaired) electrons. The zero-order valence-electron chi connectivity index (χ0n) is 12.4. The van der Waals surface area contributed by atoms with E-state index in [0.29, 0.717) is 18.4 Å². The molecule has 1 saturated carbocycles. The highest BCUT2D eigenvalue weighted by atomic mass is 16.5. The van der Waals surface area contributed by atoms with Crippen molar-refractivity contribution in [2.24, 2.45) is 17.3 Å². The van der Waals surface area contributed by atoms with Crippen LogP contribution in [0.15, 0.2) is 23.8 Å². The molecule has 4 nitrogen and oxygen atoms in total. The summed E-state index contributed by atoms with van der Waals surface area (Å²) < 4.78 is 4.71. The van der Waals surface area contributed by atoms with Gasteiger partial charge in [0.25, 0.3) is 0 Å². The molecule has 20 heavy (non-hydrogen) atoms. The Labute approximate surface area is 120 Å². The van der Waals surface area contributed by atoms with Crippen molar-refractivity contribution in [3.05, 3.63) is 23.8 Å². The Morgan fingerprint density at radius 3 is 2.75 bits per heavy atom. The summed E-state index contributed by atoms with van der Waals surface area (Å²) in [6, 6.07) is 0. The minimum Gasteiger partial charge on any atom is -0.466 e. The van der Waals surface area contributed by atoms with Crippen LogP contribution in [0.5, 0.6) is 0 Å². The van der Waals surface area contributed by atoms with Crippen LogP contribution in [0, 0.1) is 17.3 Å². The molecule has 0 heterocycles. The maximum Gasteiger partial charge on any atom is 0.333 e. The second-order valence-corrected chi connectivity index (χ2v) is 6.34. The monoisotopic (exact) mass is 280 g/mol. The van der Waals surface area contributed by atoms with Gasteiger partial charge in [0.05, 0.1) is 19.3 Å². The average Bonchev–Trinajstić information content (AvgIpc) is 2.42. The molecule has 0 spiro atoms. The van der Waals surface area contributed by atoms with Crippen molar-refractivity contribution in [3.8, 4) is 0 Å². The molecule has 1 fully saturated rings. The molecule has 112 valence electrons. The van der Waals surface area contributed by atoms with Crippen molar-refractivity contribution in [3.63, 3.8) is 0 Å². The first-order chi connectivity index (χ1) is 9.32. The number of methoxy groups -OCH3 is 1. The quantitative estimate of drug-likeness (QED) is 0.460. The number of rotatable bonds is 2. The van der Waals surface area contributed by atoms with Gasteiger partial charge in [-0.2, -0.15) is 0 Å². The van der Waals surface area contributed by atoms with Gasteiger partial charge in [-0.25, -0.2) is 4.79 Å². The van der Waals surface area contributed by atoms with Gasteiger partial charge in [-0.3, -0.25) is 0 Å². The van der Waals surface area contributed by atoms with Gasteiger partial charge in [-0.05, 0) is 26.2 Å². The number of carbonyl (C=O) groups is 1. The highest BCUT2D eigenvalue weighted by Crippen LogP contribution is 2.53. The lowest BCUT2D eigenvalue weighted by molar-refractivity contribution is -0.139. The first-order valence-electron chi connectivity index (χ1n) is 7.12. The second kappa shape index (κ2) is 5.34. The molecule has 0 aromatic heterocycles. The summed E-state index contributed by atoms with van der Waals surface area (Å²) in [6.07, 6.45) is 2.89. The summed E-state index contributed by atoms with van der Waals surface area (Å²) in [7, 11) is 1.32. The lowest BCUT2D eigenvalue weighted by Gasteiger charge is -2.52. The third kappa shape index (κ3) is 2.21. The Morgan fingerprint density at radius 1 is 1.50 bits per heavy atom. The highest BCUT2D eigenvalue weighted by molar-refractivity contribution is 5.88. The van der Waals surface area contributed by atoms with Crippen molar-refractivity contribution >= 4 is 5.97 Å². The van der Waals surface area contributed by atoms with Crippen LogP contribution in [0.1, 0.15) is 33.1 Å². The van der Waals surface area contributed by atoms with E-state index in [2.05, 4.69) is 6.58 Å². The Kier molecular flexibility index (Phi) is 4.07. The Balaban J connectivity index is 2.30. The number of ether oxygens (including phenoxy) is 1. The number of carbonyl (C=O) groups excluding carboxylic acids is 1. The Hall–Kier alpha value is -1.13. The van der Waals surface area contributed by atoms with Gasteiger partial charge < -0.3 is 14.9 Å². The van der Waals surface area contributed by atoms with Gasteiger partial charge in [-0.15, -0.1) is 0 Å². The van der Waals surface area contributed by atoms with E-state index < -0.39 is 18.2 Å². The number of aliphatic hydroxyl groups is 2. The van der Waals surface area contributed by atoms with E-state index in [4.69, 9.17) is 4.74 Å². The Bertz CT molecular complexity index is 453. The summed E-state index contributed by atoms with van der Waals surface area (Å²) in [6.45, 7) is 7.80. The van der Waals surface area contributed by atoms with Gasteiger partial charge in [0, 0.05) is 22.8 Å². The number of hydrogen-bond donors (Lipinski definition) is 2. The first-order valence-corrected chi connectivity index (χ1v) is 7.12. The molecule has 5 atom stereocenters. The van der Waals surface area contributed by atoms with E-state index in [-0.39, 0.29) is 17.3 Å². The second-order valence-electron chi connectivity index (χ2n) is 6.34. The number of esters is 1. The minimum absolute atomic E-state index is 0.133. The summed E-state index contributed by atoms with van der Waals surface area (Å²) in [5.41, 5.74) is 1.09. The normalized spacial score (nSPS) is 40.5. The topological polar surface area (TPSA) is 66.8 Å². The molecule has 0 bridgehead atoms. The molecule has 2 N–H and O–H groups in total. The van der Waals surface area contributed by atoms with Crippen LogP contribution in [-0.2, 0) is 9.53 Å². The maximum absolute atomic E-state index is 11.6. The lowest BCUT2D eigenvalue weighted by Crippen LogP contribution is -2.53. The summed E-state index contributed by atoms with van der Waals surface area (Å²) in [5, 5.41) is 21.0. The highest BCUT2D eigenvalue weighted by Gasteiger charge is 2.52. The molecule has 0 aliphatic heterocycles. The zero-order valence-corrected chi connectivity index (χ0v) is 12.4. The van der Waals surface area contributed by atoms with Gasteiger partial charge in [0.15, 0.2) is 0 Å². The van der Waals surface area contributed by atoms with Gasteiger partial charge in [0.2, 0.25) is 0 Å². The fourth-order valence-electron chi connectivity index (χ4n) is 3.94. The van der Waals surface area contributed by atoms with E-state index in [1.165, 1.54) is 7.11 Å². The van der Waals surface area contributed by atoms with Crippen LogP contribution >= 0.6 is 0 Å². The number of fused-ring (bicyclic) bond motifs is 1. The number of hydrogen-bond acceptors (Lipinski definition) is 4. The fraction of sp³-hybridized carbons (Fsp3) is 0.688. The minimum atomic E-state index is -0.702. The molecular formula is C16H24O4. The van der Waals surface area contributed by atoms with Gasteiger partial charge >= 0.3 is 5.97 Å². The van der Waals surface area contributed by atoms with Crippen LogP contribution in [0.2, 0.25) is 0 Å². The largest absolute Gasteiger partial charge is 0.466 e. The van der Waals surface area contributed by atoms with Crippen LogP contribution in [0.4, 0.5) is 0 Å². The lowest BCUT2D eigenvalue weighted by atomic mass is 9.55. The molecule has 4 heteroatoms. The van der Waals surface area contributed by atoms with Crippen molar-refractivity contribution < 1.29 is 19.7 Å². The molecule has 0 amide bonds. The van der Waals surface area contributed by atoms with E-state index >= 15 is 0 Å². The van der Waals surface area contributed by atoms with E-state index in [1.807, 2.05) is 19.9 Å². The third-order valence-electron chi connectivity index (χ3n) is 5.27. The molecule has 0 unspecified atom stereocenters. The van der Waals surface area contributed by atoms with Gasteiger partial charge in [0.1, 0.15) is 0 Å². The van der Waals surface area contributed by atoms with Gasteiger partial charge in [-0.1, -0.05) is 25.2 Å². The van der Waals surface area contributed by atoms with E-state index in [0.717, 1.165) is 12.0 Å². The molecule has 2 rings (SSSR count). The Morgan fingerprint density at radius 2 is 2.15 bits per heavy atom.